The summed E-state index contributed by atoms with van der Waals surface area (Å²) in [5.41, 5.74) is 2.06. The minimum Gasteiger partial charge on any atom is -0.486 e. The van der Waals surface area contributed by atoms with E-state index >= 15 is 0 Å². The molecule has 0 radical (unpaired) electrons. The van der Waals surface area contributed by atoms with Gasteiger partial charge in [0.25, 0.3) is 5.91 Å². The van der Waals surface area contributed by atoms with Crippen LogP contribution in [0, 0.1) is 18.3 Å². The predicted molar refractivity (Wildman–Crippen MR) is 139 cm³/mol. The zero-order valence-electron chi connectivity index (χ0n) is 19.3. The maximum absolute atomic E-state index is 12.5. The third kappa shape index (κ3) is 6.45. The number of nitrogens with one attached hydrogen (secondary N) is 1. The molecule has 0 saturated carbocycles. The van der Waals surface area contributed by atoms with Crippen molar-refractivity contribution < 1.29 is 17.9 Å². The molecule has 12 heteroatoms. The van der Waals surface area contributed by atoms with Crippen LogP contribution in [0.25, 0.3) is 0 Å². The van der Waals surface area contributed by atoms with Crippen LogP contribution in [0.2, 0.25) is 0 Å². The fourth-order valence-electron chi connectivity index (χ4n) is 3.22. The van der Waals surface area contributed by atoms with Crippen molar-refractivity contribution in [1.82, 2.24) is 14.7 Å². The molecule has 0 bridgehead atoms. The Morgan fingerprint density at radius 3 is 2.53 bits per heavy atom. The van der Waals surface area contributed by atoms with E-state index in [1.807, 2.05) is 45.3 Å². The summed E-state index contributed by atoms with van der Waals surface area (Å²) in [5, 5.41) is 12.4. The lowest BCUT2D eigenvalue weighted by Gasteiger charge is -2.21. The molecule has 36 heavy (non-hydrogen) atoms. The lowest BCUT2D eigenvalue weighted by Crippen LogP contribution is -2.30. The Morgan fingerprint density at radius 2 is 1.86 bits per heavy atom. The Morgan fingerprint density at radius 1 is 1.14 bits per heavy atom. The molecule has 0 unspecified atom stereocenters. The number of rotatable bonds is 9. The summed E-state index contributed by atoms with van der Waals surface area (Å²) in [7, 11) is -3.73. The van der Waals surface area contributed by atoms with Crippen LogP contribution in [-0.2, 0) is 23.2 Å². The molecule has 0 saturated heterocycles. The molecule has 2 aromatic carbocycles. The number of hydrogen-bond donors (Lipinski definition) is 1. The number of aromatic nitrogens is 2. The second-order valence-corrected chi connectivity index (χ2v) is 11.6. The van der Waals surface area contributed by atoms with E-state index < -0.39 is 15.9 Å². The third-order valence-electron chi connectivity index (χ3n) is 4.84. The van der Waals surface area contributed by atoms with Crippen LogP contribution in [-0.4, -0.2) is 30.5 Å². The van der Waals surface area contributed by atoms with E-state index in [2.05, 4.69) is 16.0 Å². The van der Waals surface area contributed by atoms with Gasteiger partial charge in [-0.3, -0.25) is 4.79 Å². The zero-order chi connectivity index (χ0) is 25.7. The van der Waals surface area contributed by atoms with Crippen LogP contribution in [0.1, 0.15) is 31.6 Å². The molecule has 2 aromatic heterocycles. The van der Waals surface area contributed by atoms with Crippen molar-refractivity contribution >= 4 is 49.4 Å². The number of thiazole rings is 2. The topological polar surface area (TPSA) is 125 Å². The fourth-order valence-corrected chi connectivity index (χ4v) is 5.28. The van der Waals surface area contributed by atoms with Crippen molar-refractivity contribution in [1.29, 1.82) is 5.26 Å². The van der Waals surface area contributed by atoms with Gasteiger partial charge >= 0.3 is 0 Å². The third-order valence-corrected chi connectivity index (χ3v) is 7.26. The molecule has 0 spiro atoms. The van der Waals surface area contributed by atoms with E-state index in [9.17, 15) is 13.2 Å². The summed E-state index contributed by atoms with van der Waals surface area (Å²) in [5.74, 6) is -0.0297. The van der Waals surface area contributed by atoms with Gasteiger partial charge in [-0.1, -0.05) is 18.2 Å². The summed E-state index contributed by atoms with van der Waals surface area (Å²) >= 11 is 2.73. The molecule has 0 atom stereocenters. The van der Waals surface area contributed by atoms with Crippen LogP contribution < -0.4 is 14.4 Å². The number of para-hydroxylation sites is 1. The number of carbonyl (C=O) groups excluding carboxylic acids is 1. The number of anilines is 2. The second kappa shape index (κ2) is 10.9. The Kier molecular flexibility index (Phi) is 7.64. The van der Waals surface area contributed by atoms with Gasteiger partial charge in [0.15, 0.2) is 5.13 Å². The van der Waals surface area contributed by atoms with E-state index in [1.54, 1.807) is 31.2 Å². The number of sulfonamides is 1. The first-order valence-electron chi connectivity index (χ1n) is 10.6. The van der Waals surface area contributed by atoms with Crippen LogP contribution in [0.5, 0.6) is 5.75 Å². The van der Waals surface area contributed by atoms with Crippen molar-refractivity contribution in [2.45, 2.75) is 20.1 Å². The largest absolute Gasteiger partial charge is 0.486 e. The molecular formula is C24H21N5O4S3. The lowest BCUT2D eigenvalue weighted by molar-refractivity contribution is 0.0977. The molecule has 4 rings (SSSR count). The maximum Gasteiger partial charge on any atom is 0.284 e. The number of carbonyl (C=O) groups is 1. The van der Waals surface area contributed by atoms with Gasteiger partial charge in [0.2, 0.25) is 10.0 Å². The highest BCUT2D eigenvalue weighted by Gasteiger charge is 2.23. The summed E-state index contributed by atoms with van der Waals surface area (Å²) in [6.07, 6.45) is 0.915. The van der Waals surface area contributed by atoms with Crippen molar-refractivity contribution in [3.05, 3.63) is 86.8 Å². The summed E-state index contributed by atoms with van der Waals surface area (Å²) < 4.78 is 30.8. The number of benzene rings is 2. The first-order valence-corrected chi connectivity index (χ1v) is 14.2. The highest BCUT2D eigenvalue weighted by atomic mass is 32.2. The number of nitriles is 1. The van der Waals surface area contributed by atoms with E-state index in [1.165, 1.54) is 22.7 Å². The molecule has 0 aliphatic rings. The molecule has 9 nitrogen and oxygen atoms in total. The van der Waals surface area contributed by atoms with Crippen molar-refractivity contribution in [3.63, 3.8) is 0 Å². The van der Waals surface area contributed by atoms with Gasteiger partial charge in [-0.15, -0.1) is 22.7 Å². The van der Waals surface area contributed by atoms with Crippen LogP contribution in [0.4, 0.5) is 10.8 Å². The first kappa shape index (κ1) is 25.3. The van der Waals surface area contributed by atoms with Crippen molar-refractivity contribution in [2.75, 3.05) is 11.2 Å². The Bertz CT molecular complexity index is 1510. The highest BCUT2D eigenvalue weighted by molar-refractivity contribution is 7.89. The summed E-state index contributed by atoms with van der Waals surface area (Å²) in [6, 6.07) is 18.5. The monoisotopic (exact) mass is 539 g/mol. The van der Waals surface area contributed by atoms with Gasteiger partial charge < -0.3 is 9.64 Å². The maximum atomic E-state index is 12.5. The average molecular weight is 540 g/mol. The number of hydrogen-bond acceptors (Lipinski definition) is 10. The lowest BCUT2D eigenvalue weighted by atomic mass is 10.2. The molecule has 184 valence electrons. The Balaban J connectivity index is 1.60. The fraction of sp³-hybridized carbons (Fsp3) is 0.167. The van der Waals surface area contributed by atoms with Gasteiger partial charge in [0.1, 0.15) is 23.1 Å². The minimum atomic E-state index is -3.73. The normalized spacial score (nSPS) is 11.0. The van der Waals surface area contributed by atoms with Crippen molar-refractivity contribution in [2.24, 2.45) is 0 Å². The standard InChI is InChI=1S/C24H21N5O4S3/c1-16-22(23(30)28-36(2,31)32)27-24(35-16)29(19-10-8-17(12-25)9-11-19)13-18-15-34-21(26-18)14-33-20-6-4-3-5-7-20/h3-11,15H,13-14H2,1-2H3,(H,28,30). The number of aryl methyl sites for hydroxylation is 1. The molecular weight excluding hydrogens is 518 g/mol. The second-order valence-electron chi connectivity index (χ2n) is 7.68. The number of ether oxygens (including phenoxy) is 1. The van der Waals surface area contributed by atoms with Crippen molar-refractivity contribution in [3.8, 4) is 11.8 Å². The minimum absolute atomic E-state index is 0.0364. The van der Waals surface area contributed by atoms with Crippen LogP contribution >= 0.6 is 22.7 Å². The number of amides is 1. The zero-order valence-corrected chi connectivity index (χ0v) is 21.8. The SMILES string of the molecule is Cc1sc(N(Cc2csc(COc3ccccc3)n2)c2ccc(C#N)cc2)nc1C(=O)NS(C)(=O)=O. The Labute approximate surface area is 216 Å². The molecule has 0 aliphatic carbocycles. The molecule has 0 aliphatic heterocycles. The van der Waals surface area contributed by atoms with Gasteiger partial charge in [-0.2, -0.15) is 5.26 Å². The van der Waals surface area contributed by atoms with Gasteiger partial charge in [0.05, 0.1) is 30.1 Å². The smallest absolute Gasteiger partial charge is 0.284 e. The molecule has 2 heterocycles. The van der Waals surface area contributed by atoms with Gasteiger partial charge in [-0.05, 0) is 43.3 Å². The summed E-state index contributed by atoms with van der Waals surface area (Å²) in [4.78, 5) is 24.0. The van der Waals surface area contributed by atoms with Crippen LogP contribution in [0.3, 0.4) is 0 Å². The van der Waals surface area contributed by atoms with Crippen LogP contribution in [0.15, 0.2) is 60.0 Å². The Hall–Kier alpha value is -3.79. The van der Waals surface area contributed by atoms with Gasteiger partial charge in [-0.25, -0.2) is 23.1 Å². The van der Waals surface area contributed by atoms with Gasteiger partial charge in [0, 0.05) is 15.9 Å². The van der Waals surface area contributed by atoms with E-state index in [-0.39, 0.29) is 5.69 Å². The first-order chi connectivity index (χ1) is 17.2. The van der Waals surface area contributed by atoms with E-state index in [0.717, 1.165) is 28.4 Å². The van der Waals surface area contributed by atoms with E-state index in [4.69, 9.17) is 10.00 Å². The average Bonchev–Trinajstić information content (AvgIpc) is 3.47. The summed E-state index contributed by atoms with van der Waals surface area (Å²) in [6.45, 7) is 2.38. The number of nitrogens with zero attached hydrogens (tertiary/aromatic N) is 4. The molecule has 4 aromatic rings. The highest BCUT2D eigenvalue weighted by Crippen LogP contribution is 2.33. The molecule has 0 fully saturated rings. The quantitative estimate of drug-likeness (QED) is 0.332. The predicted octanol–water partition coefficient (Wildman–Crippen LogP) is 4.39. The molecule has 1 amide bonds. The molecule has 1 N–H and O–H groups in total. The van der Waals surface area contributed by atoms with E-state index in [0.29, 0.717) is 28.7 Å².